The van der Waals surface area contributed by atoms with Crippen LogP contribution in [0.3, 0.4) is 0 Å². The molecule has 1 aliphatic carbocycles. The summed E-state index contributed by atoms with van der Waals surface area (Å²) in [7, 11) is -4.34. The van der Waals surface area contributed by atoms with Crippen LogP contribution >= 0.6 is 0 Å². The number of hydrogen-bond acceptors (Lipinski definition) is 9. The number of fused-ring (bicyclic) bond motifs is 6. The maximum Gasteiger partial charge on any atom is 0.394 e. The van der Waals surface area contributed by atoms with E-state index in [2.05, 4.69) is 21.9 Å². The number of amides is 2. The number of pyridine rings is 2. The van der Waals surface area contributed by atoms with Gasteiger partial charge in [-0.3, -0.25) is 14.5 Å². The van der Waals surface area contributed by atoms with Gasteiger partial charge >= 0.3 is 6.18 Å². The largest absolute Gasteiger partial charge is 0.394 e. The molecule has 0 aromatic carbocycles. The number of carbonyl (C=O) groups excluding carboxylic acids is 2. The molecule has 0 spiro atoms. The molecule has 2 saturated heterocycles. The lowest BCUT2D eigenvalue weighted by Gasteiger charge is -2.34. The van der Waals surface area contributed by atoms with Gasteiger partial charge in [0, 0.05) is 38.2 Å². The van der Waals surface area contributed by atoms with Gasteiger partial charge in [0.05, 0.1) is 11.0 Å². The fourth-order valence-electron chi connectivity index (χ4n) is 6.84. The molecule has 3 fully saturated rings. The Morgan fingerprint density at radius 1 is 1.09 bits per heavy atom. The Morgan fingerprint density at radius 2 is 1.85 bits per heavy atom. The second kappa shape index (κ2) is 11.7. The number of aromatic nitrogens is 2. The highest BCUT2D eigenvalue weighted by molar-refractivity contribution is 7.90. The summed E-state index contributed by atoms with van der Waals surface area (Å²) in [5, 5.41) is 2.89. The maximum absolute atomic E-state index is 13.6. The third kappa shape index (κ3) is 6.15. The normalized spacial score (nSPS) is 26.9. The fraction of sp³-hybridized carbons (Fsp3) is 0.613. The Labute approximate surface area is 266 Å². The van der Waals surface area contributed by atoms with Crippen molar-refractivity contribution in [3.8, 4) is 0 Å². The van der Waals surface area contributed by atoms with E-state index in [1.807, 2.05) is 18.7 Å². The Balaban J connectivity index is 1.29. The molecule has 4 bridgehead atoms. The Hall–Kier alpha value is -3.46. The Bertz CT molecular complexity index is 1630. The fourth-order valence-corrected chi connectivity index (χ4v) is 7.77. The van der Waals surface area contributed by atoms with Crippen molar-refractivity contribution in [1.82, 2.24) is 14.7 Å². The second-order valence-corrected chi connectivity index (χ2v) is 15.2. The minimum atomic E-state index is -4.34. The number of halogens is 3. The van der Waals surface area contributed by atoms with Crippen molar-refractivity contribution in [3.05, 3.63) is 35.9 Å². The van der Waals surface area contributed by atoms with Crippen molar-refractivity contribution >= 4 is 39.3 Å². The topological polar surface area (TPSA) is 134 Å². The van der Waals surface area contributed by atoms with Crippen LogP contribution in [0.5, 0.6) is 0 Å². The first-order valence-corrected chi connectivity index (χ1v) is 17.2. The Morgan fingerprint density at radius 3 is 2.57 bits per heavy atom. The smallest absolute Gasteiger partial charge is 0.370 e. The predicted molar refractivity (Wildman–Crippen MR) is 164 cm³/mol. The predicted octanol–water partition coefficient (Wildman–Crippen LogP) is 4.51. The standard InChI is InChI=1S/C31H39F3N6O5S/c1-19-9-14-35-23-5-4-6-25(36-23)46(43,44)38-27(41)21-7-8-24(37-26(21)40-18-20(19)17-29(40,2)3)39-15-10-22(28(39)42)45-16-13-30(11-12-30)31(32,33)34/h4-8,19-20,22H,9-18H2,1-3H3,(H,35,36)(H,38,41). The van der Waals surface area contributed by atoms with E-state index in [0.29, 0.717) is 18.9 Å². The summed E-state index contributed by atoms with van der Waals surface area (Å²) < 4.78 is 74.3. The van der Waals surface area contributed by atoms with E-state index in [4.69, 9.17) is 9.72 Å². The average molecular weight is 665 g/mol. The summed E-state index contributed by atoms with van der Waals surface area (Å²) in [6.45, 7) is 7.45. The number of nitrogens with zero attached hydrogens (tertiary/aromatic N) is 4. The van der Waals surface area contributed by atoms with Gasteiger partial charge in [0.15, 0.2) is 5.03 Å². The van der Waals surface area contributed by atoms with Gasteiger partial charge in [-0.25, -0.2) is 14.7 Å². The van der Waals surface area contributed by atoms with Crippen LogP contribution in [0.25, 0.3) is 0 Å². The molecule has 4 aliphatic rings. The highest BCUT2D eigenvalue weighted by atomic mass is 32.2. The molecule has 5 heterocycles. The molecule has 46 heavy (non-hydrogen) atoms. The molecular weight excluding hydrogens is 625 g/mol. The third-order valence-electron chi connectivity index (χ3n) is 9.99. The molecule has 2 N–H and O–H groups in total. The zero-order valence-electron chi connectivity index (χ0n) is 26.1. The van der Waals surface area contributed by atoms with Crippen LogP contribution in [0.2, 0.25) is 0 Å². The molecule has 15 heteroatoms. The maximum atomic E-state index is 13.6. The molecular formula is C31H39F3N6O5S. The van der Waals surface area contributed by atoms with E-state index < -0.39 is 45.1 Å². The van der Waals surface area contributed by atoms with Crippen molar-refractivity contribution in [1.29, 1.82) is 0 Å². The van der Waals surface area contributed by atoms with E-state index in [-0.39, 0.29) is 72.9 Å². The molecule has 2 amide bonds. The molecule has 3 unspecified atom stereocenters. The van der Waals surface area contributed by atoms with Crippen LogP contribution in [0.4, 0.5) is 30.6 Å². The number of hydrogen-bond donors (Lipinski definition) is 2. The minimum Gasteiger partial charge on any atom is -0.370 e. The SMILES string of the molecule is CC1CCNc2cccc(n2)S(=O)(=O)NC(=O)c2ccc(N3CCC(OCCC4(C(F)(F)F)CC4)C3=O)nc2N2CC1CC2(C)C. The van der Waals surface area contributed by atoms with E-state index in [0.717, 1.165) is 12.8 Å². The van der Waals surface area contributed by atoms with E-state index in [1.165, 1.54) is 23.1 Å². The molecule has 3 atom stereocenters. The number of alkyl halides is 3. The number of sulfonamides is 1. The lowest BCUT2D eigenvalue weighted by Crippen LogP contribution is -2.41. The van der Waals surface area contributed by atoms with Crippen LogP contribution in [0, 0.1) is 17.3 Å². The van der Waals surface area contributed by atoms with Crippen LogP contribution in [-0.2, 0) is 19.6 Å². The lowest BCUT2D eigenvalue weighted by molar-refractivity contribution is -0.192. The van der Waals surface area contributed by atoms with Crippen LogP contribution in [-0.4, -0.2) is 74.3 Å². The van der Waals surface area contributed by atoms with Gasteiger partial charge < -0.3 is 15.0 Å². The average Bonchev–Trinajstić information content (AvgIpc) is 3.61. The molecule has 11 nitrogen and oxygen atoms in total. The number of carbonyl (C=O) groups is 2. The highest BCUT2D eigenvalue weighted by Crippen LogP contribution is 2.60. The zero-order chi connectivity index (χ0) is 33.1. The molecule has 1 saturated carbocycles. The summed E-state index contributed by atoms with van der Waals surface area (Å²) in [6, 6.07) is 7.47. The zero-order valence-corrected chi connectivity index (χ0v) is 26.9. The van der Waals surface area contributed by atoms with E-state index in [9.17, 15) is 31.2 Å². The van der Waals surface area contributed by atoms with Gasteiger partial charge in [0.25, 0.3) is 21.8 Å². The summed E-state index contributed by atoms with van der Waals surface area (Å²) in [5.74, 6) is 0.106. The molecule has 6 rings (SSSR count). The first-order chi connectivity index (χ1) is 21.6. The van der Waals surface area contributed by atoms with Crippen molar-refractivity contribution in [2.45, 2.75) is 82.1 Å². The quantitative estimate of drug-likeness (QED) is 0.474. The number of anilines is 3. The molecule has 3 aliphatic heterocycles. The van der Waals surface area contributed by atoms with E-state index in [1.54, 1.807) is 12.1 Å². The number of ether oxygens (including phenoxy) is 1. The van der Waals surface area contributed by atoms with E-state index >= 15 is 0 Å². The van der Waals surface area contributed by atoms with Gasteiger partial charge in [-0.1, -0.05) is 13.0 Å². The highest BCUT2D eigenvalue weighted by Gasteiger charge is 2.62. The van der Waals surface area contributed by atoms with Crippen molar-refractivity contribution < 1.29 is 35.9 Å². The van der Waals surface area contributed by atoms with Crippen LogP contribution < -0.4 is 19.8 Å². The van der Waals surface area contributed by atoms with Crippen molar-refractivity contribution in [2.24, 2.45) is 17.3 Å². The van der Waals surface area contributed by atoms with Crippen molar-refractivity contribution in [3.63, 3.8) is 0 Å². The van der Waals surface area contributed by atoms with Gasteiger partial charge in [-0.15, -0.1) is 0 Å². The minimum absolute atomic E-state index is 0.0270. The summed E-state index contributed by atoms with van der Waals surface area (Å²) in [6.07, 6.45) is -3.34. The molecule has 0 radical (unpaired) electrons. The monoisotopic (exact) mass is 664 g/mol. The Kier molecular flexibility index (Phi) is 8.23. The van der Waals surface area contributed by atoms with Crippen molar-refractivity contribution in [2.75, 3.05) is 41.4 Å². The third-order valence-corrected chi connectivity index (χ3v) is 11.2. The summed E-state index contributed by atoms with van der Waals surface area (Å²) in [5.41, 5.74) is -2.13. The lowest BCUT2D eigenvalue weighted by atomic mass is 9.86. The van der Waals surface area contributed by atoms with Gasteiger partial charge in [-0.2, -0.15) is 21.6 Å². The summed E-state index contributed by atoms with van der Waals surface area (Å²) in [4.78, 5) is 39.4. The van der Waals surface area contributed by atoms with Gasteiger partial charge in [0.1, 0.15) is 23.6 Å². The van der Waals surface area contributed by atoms with Gasteiger partial charge in [0.2, 0.25) is 0 Å². The number of nitrogens with one attached hydrogen (secondary N) is 2. The first kappa shape index (κ1) is 32.5. The first-order valence-electron chi connectivity index (χ1n) is 15.7. The van der Waals surface area contributed by atoms with Crippen LogP contribution in [0.15, 0.2) is 35.4 Å². The molecule has 250 valence electrons. The number of rotatable bonds is 5. The second-order valence-electron chi connectivity index (χ2n) is 13.6. The van der Waals surface area contributed by atoms with Crippen LogP contribution in [0.1, 0.15) is 69.7 Å². The van der Waals surface area contributed by atoms with Gasteiger partial charge in [-0.05, 0) is 82.1 Å². The molecule has 2 aromatic rings. The summed E-state index contributed by atoms with van der Waals surface area (Å²) >= 11 is 0. The molecule has 2 aromatic heterocycles.